The summed E-state index contributed by atoms with van der Waals surface area (Å²) < 4.78 is 1.16. The predicted octanol–water partition coefficient (Wildman–Crippen LogP) is 2.47. The summed E-state index contributed by atoms with van der Waals surface area (Å²) in [4.78, 5) is 12.9. The number of rotatable bonds is 6. The van der Waals surface area contributed by atoms with Crippen molar-refractivity contribution in [1.82, 2.24) is 10.2 Å². The van der Waals surface area contributed by atoms with E-state index < -0.39 is 0 Å². The topological polar surface area (TPSA) is 32.3 Å². The number of nitrogens with zero attached hydrogens (tertiary/aromatic N) is 1. The van der Waals surface area contributed by atoms with Crippen LogP contribution in [-0.2, 0) is 11.3 Å². The first-order valence-electron chi connectivity index (χ1n) is 5.23. The summed E-state index contributed by atoms with van der Waals surface area (Å²) in [6, 6.07) is 2.11. The third kappa shape index (κ3) is 5.09. The van der Waals surface area contributed by atoms with Crippen LogP contribution < -0.4 is 5.32 Å². The van der Waals surface area contributed by atoms with E-state index in [-0.39, 0.29) is 5.91 Å². The Morgan fingerprint density at radius 1 is 1.56 bits per heavy atom. The Kier molecular flexibility index (Phi) is 6.01. The van der Waals surface area contributed by atoms with Gasteiger partial charge in [-0.25, -0.2) is 0 Å². The summed E-state index contributed by atoms with van der Waals surface area (Å²) >= 11 is 5.12. The zero-order valence-corrected chi connectivity index (χ0v) is 12.0. The fourth-order valence-corrected chi connectivity index (χ4v) is 2.47. The van der Waals surface area contributed by atoms with Crippen molar-refractivity contribution in [3.05, 3.63) is 20.8 Å². The van der Waals surface area contributed by atoms with Crippen LogP contribution in [0, 0.1) is 0 Å². The molecule has 5 heteroatoms. The molecule has 1 rings (SSSR count). The van der Waals surface area contributed by atoms with Crippen LogP contribution >= 0.6 is 27.3 Å². The summed E-state index contributed by atoms with van der Waals surface area (Å²) in [5.74, 6) is 0.195. The van der Waals surface area contributed by atoms with Crippen molar-refractivity contribution in [2.45, 2.75) is 19.4 Å². The van der Waals surface area contributed by atoms with Gasteiger partial charge in [0.05, 0.1) is 3.79 Å². The number of nitrogens with one attached hydrogen (secondary N) is 1. The average Bonchev–Trinajstić information content (AvgIpc) is 2.63. The zero-order chi connectivity index (χ0) is 12.0. The molecule has 0 bridgehead atoms. The molecule has 3 nitrogen and oxygen atoms in total. The summed E-state index contributed by atoms with van der Waals surface area (Å²) in [7, 11) is 3.58. The molecule has 0 atom stereocenters. The maximum absolute atomic E-state index is 11.3. The van der Waals surface area contributed by atoms with Crippen molar-refractivity contribution in [3.8, 4) is 0 Å². The Morgan fingerprint density at radius 2 is 2.31 bits per heavy atom. The Hall–Kier alpha value is -0.390. The van der Waals surface area contributed by atoms with Gasteiger partial charge in [0.1, 0.15) is 0 Å². The molecular weight excluding hydrogens is 288 g/mol. The van der Waals surface area contributed by atoms with Crippen LogP contribution in [-0.4, -0.2) is 31.4 Å². The second kappa shape index (κ2) is 7.04. The first-order valence-corrected chi connectivity index (χ1v) is 6.90. The summed E-state index contributed by atoms with van der Waals surface area (Å²) in [6.45, 7) is 1.76. The van der Waals surface area contributed by atoms with Crippen LogP contribution in [0.1, 0.15) is 18.4 Å². The van der Waals surface area contributed by atoms with Gasteiger partial charge >= 0.3 is 0 Å². The van der Waals surface area contributed by atoms with Crippen LogP contribution in [0.5, 0.6) is 0 Å². The molecule has 90 valence electrons. The molecule has 16 heavy (non-hydrogen) atoms. The lowest BCUT2D eigenvalue weighted by atomic mass is 10.2. The fourth-order valence-electron chi connectivity index (χ4n) is 1.26. The van der Waals surface area contributed by atoms with Gasteiger partial charge in [-0.3, -0.25) is 4.79 Å². The van der Waals surface area contributed by atoms with E-state index in [0.29, 0.717) is 6.42 Å². The van der Waals surface area contributed by atoms with Gasteiger partial charge in [0.15, 0.2) is 0 Å². The van der Waals surface area contributed by atoms with Crippen LogP contribution in [0.15, 0.2) is 15.2 Å². The lowest BCUT2D eigenvalue weighted by Crippen LogP contribution is -2.23. The van der Waals surface area contributed by atoms with Crippen molar-refractivity contribution < 1.29 is 4.79 Å². The van der Waals surface area contributed by atoms with E-state index in [0.717, 1.165) is 23.3 Å². The number of carbonyl (C=O) groups excluding carboxylic acids is 1. The van der Waals surface area contributed by atoms with Crippen molar-refractivity contribution >= 4 is 33.2 Å². The molecule has 0 aliphatic rings. The number of thiophene rings is 1. The molecule has 1 heterocycles. The fraction of sp³-hybridized carbons (Fsp3) is 0.545. The largest absolute Gasteiger partial charge is 0.349 e. The van der Waals surface area contributed by atoms with Gasteiger partial charge in [-0.15, -0.1) is 11.3 Å². The lowest BCUT2D eigenvalue weighted by molar-refractivity contribution is -0.128. The molecule has 0 fully saturated rings. The quantitative estimate of drug-likeness (QED) is 0.819. The van der Waals surface area contributed by atoms with Gasteiger partial charge in [-0.2, -0.15) is 0 Å². The highest BCUT2D eigenvalue weighted by molar-refractivity contribution is 9.11. The van der Waals surface area contributed by atoms with Gasteiger partial charge in [0.2, 0.25) is 5.91 Å². The molecule has 0 saturated carbocycles. The highest BCUT2D eigenvalue weighted by atomic mass is 79.9. The van der Waals surface area contributed by atoms with Gasteiger partial charge in [-0.1, -0.05) is 0 Å². The molecule has 0 aliphatic carbocycles. The van der Waals surface area contributed by atoms with Crippen molar-refractivity contribution in [1.29, 1.82) is 0 Å². The maximum Gasteiger partial charge on any atom is 0.222 e. The minimum atomic E-state index is 0.195. The number of amides is 1. The lowest BCUT2D eigenvalue weighted by Gasteiger charge is -2.09. The number of hydrogen-bond donors (Lipinski definition) is 1. The number of halogens is 1. The predicted molar refractivity (Wildman–Crippen MR) is 71.7 cm³/mol. The Morgan fingerprint density at radius 3 is 2.88 bits per heavy atom. The normalized spacial score (nSPS) is 10.4. The molecule has 0 saturated heterocycles. The Labute approximate surface area is 109 Å². The summed E-state index contributed by atoms with van der Waals surface area (Å²) in [5, 5.41) is 5.45. The SMILES string of the molecule is CN(C)C(=O)CCCNCc1csc(Br)c1. The van der Waals surface area contributed by atoms with E-state index in [9.17, 15) is 4.79 Å². The third-order valence-corrected chi connectivity index (χ3v) is 3.75. The second-order valence-corrected chi connectivity index (χ2v) is 6.12. The molecule has 1 aromatic rings. The van der Waals surface area contributed by atoms with E-state index in [1.165, 1.54) is 5.56 Å². The third-order valence-electron chi connectivity index (χ3n) is 2.19. The van der Waals surface area contributed by atoms with Crippen LogP contribution in [0.3, 0.4) is 0 Å². The van der Waals surface area contributed by atoms with Gasteiger partial charge < -0.3 is 10.2 Å². The second-order valence-electron chi connectivity index (χ2n) is 3.83. The van der Waals surface area contributed by atoms with E-state index >= 15 is 0 Å². The van der Waals surface area contributed by atoms with Crippen molar-refractivity contribution in [2.75, 3.05) is 20.6 Å². The number of hydrogen-bond acceptors (Lipinski definition) is 3. The molecule has 1 N–H and O–H groups in total. The van der Waals surface area contributed by atoms with Gasteiger partial charge in [0.25, 0.3) is 0 Å². The highest BCUT2D eigenvalue weighted by Crippen LogP contribution is 2.20. The van der Waals surface area contributed by atoms with E-state index in [2.05, 4.69) is 32.7 Å². The smallest absolute Gasteiger partial charge is 0.222 e. The average molecular weight is 305 g/mol. The molecule has 1 amide bonds. The Bertz CT molecular complexity index is 338. The van der Waals surface area contributed by atoms with Crippen LogP contribution in [0.4, 0.5) is 0 Å². The Balaban J connectivity index is 2.06. The van der Waals surface area contributed by atoms with Gasteiger partial charge in [0, 0.05) is 27.1 Å². The molecule has 0 aromatic carbocycles. The molecule has 0 radical (unpaired) electrons. The van der Waals surface area contributed by atoms with E-state index in [1.807, 2.05) is 0 Å². The number of carbonyl (C=O) groups is 1. The van der Waals surface area contributed by atoms with Crippen LogP contribution in [0.2, 0.25) is 0 Å². The van der Waals surface area contributed by atoms with E-state index in [1.54, 1.807) is 30.3 Å². The maximum atomic E-state index is 11.3. The molecular formula is C11H17BrN2OS. The molecule has 0 spiro atoms. The first kappa shape index (κ1) is 13.7. The summed E-state index contributed by atoms with van der Waals surface area (Å²) in [6.07, 6.45) is 1.51. The highest BCUT2D eigenvalue weighted by Gasteiger charge is 2.02. The zero-order valence-electron chi connectivity index (χ0n) is 9.62. The molecule has 1 aromatic heterocycles. The van der Waals surface area contributed by atoms with E-state index in [4.69, 9.17) is 0 Å². The minimum absolute atomic E-state index is 0.195. The van der Waals surface area contributed by atoms with Crippen molar-refractivity contribution in [2.24, 2.45) is 0 Å². The standard InChI is InChI=1S/C11H17BrN2OS/c1-14(2)11(15)4-3-5-13-7-9-6-10(12)16-8-9/h6,8,13H,3-5,7H2,1-2H3. The minimum Gasteiger partial charge on any atom is -0.349 e. The van der Waals surface area contributed by atoms with Crippen LogP contribution in [0.25, 0.3) is 0 Å². The molecule has 0 aliphatic heterocycles. The summed E-state index contributed by atoms with van der Waals surface area (Å²) in [5.41, 5.74) is 1.29. The molecule has 0 unspecified atom stereocenters. The first-order chi connectivity index (χ1) is 7.59. The van der Waals surface area contributed by atoms with Gasteiger partial charge in [-0.05, 0) is 45.9 Å². The van der Waals surface area contributed by atoms with Crippen molar-refractivity contribution in [3.63, 3.8) is 0 Å². The monoisotopic (exact) mass is 304 g/mol.